The summed E-state index contributed by atoms with van der Waals surface area (Å²) in [6.07, 6.45) is 3.39. The summed E-state index contributed by atoms with van der Waals surface area (Å²) < 4.78 is 30.1. The molecular weight excluding hydrogens is 354 g/mol. The van der Waals surface area contributed by atoms with E-state index in [-0.39, 0.29) is 16.8 Å². The van der Waals surface area contributed by atoms with Crippen molar-refractivity contribution in [3.8, 4) is 0 Å². The number of sulfonamides is 1. The molecule has 2 aromatic rings. The van der Waals surface area contributed by atoms with Gasteiger partial charge in [-0.05, 0) is 31.0 Å². The third-order valence-electron chi connectivity index (χ3n) is 4.61. The first-order valence-electron chi connectivity index (χ1n) is 8.44. The number of carbonyl (C=O) groups is 1. The summed E-state index contributed by atoms with van der Waals surface area (Å²) in [5.74, 6) is 0.246. The van der Waals surface area contributed by atoms with Crippen molar-refractivity contribution in [3.05, 3.63) is 47.8 Å². The topological polar surface area (TPSA) is 96.7 Å². The number of hydrogen-bond donors (Lipinski definition) is 1. The molecule has 1 amide bonds. The summed E-state index contributed by atoms with van der Waals surface area (Å²) in [5, 5.41) is 7.10. The van der Waals surface area contributed by atoms with Crippen molar-refractivity contribution in [2.75, 3.05) is 13.1 Å². The molecule has 2 aliphatic heterocycles. The van der Waals surface area contributed by atoms with E-state index in [1.807, 2.05) is 4.90 Å². The minimum absolute atomic E-state index is 0.0866. The number of fused-ring (bicyclic) bond motifs is 1. The monoisotopic (exact) mass is 373 g/mol. The van der Waals surface area contributed by atoms with Crippen LogP contribution in [0.5, 0.6) is 0 Å². The number of nitrogens with zero attached hydrogens (tertiary/aromatic N) is 4. The van der Waals surface area contributed by atoms with Gasteiger partial charge in [-0.1, -0.05) is 12.1 Å². The first kappa shape index (κ1) is 16.8. The van der Waals surface area contributed by atoms with Crippen LogP contribution in [0.15, 0.2) is 45.8 Å². The van der Waals surface area contributed by atoms with Crippen molar-refractivity contribution in [3.63, 3.8) is 0 Å². The molecule has 0 bridgehead atoms. The molecule has 4 rings (SSSR count). The molecule has 2 aliphatic rings. The highest BCUT2D eigenvalue weighted by molar-refractivity contribution is 7.90. The lowest BCUT2D eigenvalue weighted by Crippen LogP contribution is -2.49. The van der Waals surface area contributed by atoms with E-state index in [9.17, 15) is 13.2 Å². The molecule has 136 valence electrons. The van der Waals surface area contributed by atoms with Crippen LogP contribution in [0.4, 0.5) is 0 Å². The predicted octanol–water partition coefficient (Wildman–Crippen LogP) is 0.763. The lowest BCUT2D eigenvalue weighted by molar-refractivity contribution is 0.0914. The lowest BCUT2D eigenvalue weighted by atomic mass is 10.0. The molecule has 1 unspecified atom stereocenters. The Bertz CT molecular complexity index is 995. The van der Waals surface area contributed by atoms with Gasteiger partial charge in [0.1, 0.15) is 10.6 Å². The average molecular weight is 373 g/mol. The summed E-state index contributed by atoms with van der Waals surface area (Å²) in [7, 11) is -1.88. The van der Waals surface area contributed by atoms with Crippen LogP contribution in [0.3, 0.4) is 0 Å². The molecule has 0 radical (unpaired) electrons. The van der Waals surface area contributed by atoms with Crippen LogP contribution < -0.4 is 5.32 Å². The molecule has 1 N–H and O–H groups in total. The molecule has 1 saturated heterocycles. The molecule has 1 aromatic carbocycles. The fourth-order valence-corrected chi connectivity index (χ4v) is 4.63. The molecule has 0 spiro atoms. The number of rotatable bonds is 2. The molecule has 9 heteroatoms. The highest BCUT2D eigenvalue weighted by atomic mass is 32.2. The minimum Gasteiger partial charge on any atom is -0.353 e. The van der Waals surface area contributed by atoms with E-state index >= 15 is 0 Å². The molecule has 8 nitrogen and oxygen atoms in total. The van der Waals surface area contributed by atoms with E-state index < -0.39 is 10.0 Å². The average Bonchev–Trinajstić information content (AvgIpc) is 3.17. The van der Waals surface area contributed by atoms with Crippen LogP contribution in [-0.2, 0) is 17.1 Å². The quantitative estimate of drug-likeness (QED) is 0.838. The summed E-state index contributed by atoms with van der Waals surface area (Å²) >= 11 is 0. The number of piperidine rings is 1. The summed E-state index contributed by atoms with van der Waals surface area (Å²) in [6.45, 7) is 1.22. The van der Waals surface area contributed by atoms with Crippen LogP contribution in [0.25, 0.3) is 0 Å². The number of aromatic nitrogens is 2. The molecule has 1 atom stereocenters. The Kier molecular flexibility index (Phi) is 4.03. The maximum atomic E-state index is 12.3. The molecule has 26 heavy (non-hydrogen) atoms. The zero-order chi connectivity index (χ0) is 18.3. The fourth-order valence-electron chi connectivity index (χ4n) is 3.40. The summed E-state index contributed by atoms with van der Waals surface area (Å²) in [5.41, 5.74) is 1.000. The Hall–Kier alpha value is -2.68. The largest absolute Gasteiger partial charge is 0.353 e. The predicted molar refractivity (Wildman–Crippen MR) is 95.4 cm³/mol. The summed E-state index contributed by atoms with van der Waals surface area (Å²) in [4.78, 5) is 14.5. The lowest BCUT2D eigenvalue weighted by Gasteiger charge is -2.34. The van der Waals surface area contributed by atoms with Crippen molar-refractivity contribution in [1.82, 2.24) is 20.0 Å². The Labute approximate surface area is 151 Å². The molecule has 1 fully saturated rings. The van der Waals surface area contributed by atoms with Crippen LogP contribution in [0, 0.1) is 0 Å². The van der Waals surface area contributed by atoms with Gasteiger partial charge in [0.15, 0.2) is 5.84 Å². The van der Waals surface area contributed by atoms with Gasteiger partial charge in [-0.25, -0.2) is 0 Å². The summed E-state index contributed by atoms with van der Waals surface area (Å²) in [6, 6.07) is 8.43. The second kappa shape index (κ2) is 6.24. The van der Waals surface area contributed by atoms with E-state index in [0.29, 0.717) is 30.2 Å². The first-order chi connectivity index (χ1) is 12.4. The first-order valence-corrected chi connectivity index (χ1v) is 9.88. The van der Waals surface area contributed by atoms with Crippen molar-refractivity contribution >= 4 is 21.8 Å². The van der Waals surface area contributed by atoms with E-state index in [1.165, 1.54) is 0 Å². The Morgan fingerprint density at radius 1 is 1.27 bits per heavy atom. The number of likely N-dealkylation sites (tertiary alicyclic amines) is 1. The van der Waals surface area contributed by atoms with Gasteiger partial charge in [0, 0.05) is 37.9 Å². The highest BCUT2D eigenvalue weighted by Crippen LogP contribution is 2.28. The third kappa shape index (κ3) is 2.98. The van der Waals surface area contributed by atoms with Crippen molar-refractivity contribution < 1.29 is 13.2 Å². The number of carbonyl (C=O) groups excluding carboxylic acids is 1. The van der Waals surface area contributed by atoms with Crippen molar-refractivity contribution in [1.29, 1.82) is 0 Å². The fraction of sp³-hybridized carbons (Fsp3) is 0.353. The van der Waals surface area contributed by atoms with Gasteiger partial charge >= 0.3 is 0 Å². The van der Waals surface area contributed by atoms with E-state index in [1.54, 1.807) is 48.3 Å². The van der Waals surface area contributed by atoms with Gasteiger partial charge in [0.05, 0.1) is 0 Å². The van der Waals surface area contributed by atoms with Gasteiger partial charge in [0.25, 0.3) is 15.9 Å². The smallest absolute Gasteiger partial charge is 0.285 e. The maximum absolute atomic E-state index is 12.3. The number of benzene rings is 1. The number of nitrogens with one attached hydrogen (secondary N) is 1. The zero-order valence-corrected chi connectivity index (χ0v) is 15.1. The van der Waals surface area contributed by atoms with Crippen LogP contribution in [0.2, 0.25) is 0 Å². The van der Waals surface area contributed by atoms with Crippen LogP contribution >= 0.6 is 0 Å². The van der Waals surface area contributed by atoms with Gasteiger partial charge in [-0.2, -0.15) is 13.5 Å². The Morgan fingerprint density at radius 3 is 2.85 bits per heavy atom. The molecular formula is C17H19N5O3S. The number of amidine groups is 1. The highest BCUT2D eigenvalue weighted by Gasteiger charge is 2.34. The third-order valence-corrected chi connectivity index (χ3v) is 5.94. The van der Waals surface area contributed by atoms with E-state index in [0.717, 1.165) is 12.8 Å². The van der Waals surface area contributed by atoms with Gasteiger partial charge in [-0.3, -0.25) is 9.48 Å². The molecule has 0 saturated carbocycles. The second-order valence-corrected chi connectivity index (χ2v) is 8.09. The molecule has 1 aromatic heterocycles. The molecule has 0 aliphatic carbocycles. The van der Waals surface area contributed by atoms with Gasteiger partial charge < -0.3 is 10.2 Å². The van der Waals surface area contributed by atoms with Crippen LogP contribution in [0.1, 0.15) is 28.9 Å². The van der Waals surface area contributed by atoms with Crippen LogP contribution in [-0.4, -0.2) is 54.0 Å². The van der Waals surface area contributed by atoms with E-state index in [4.69, 9.17) is 0 Å². The zero-order valence-electron chi connectivity index (χ0n) is 14.3. The number of aryl methyl sites for hydroxylation is 1. The number of hydrogen-bond acceptors (Lipinski definition) is 5. The maximum Gasteiger partial charge on any atom is 0.285 e. The normalized spacial score (nSPS) is 21.2. The molecule has 3 heterocycles. The number of amides is 1. The van der Waals surface area contributed by atoms with Crippen molar-refractivity contribution in [2.45, 2.75) is 23.8 Å². The Balaban J connectivity index is 1.52. The van der Waals surface area contributed by atoms with E-state index in [2.05, 4.69) is 14.8 Å². The van der Waals surface area contributed by atoms with Gasteiger partial charge in [-0.15, -0.1) is 4.40 Å². The minimum atomic E-state index is -3.64. The van der Waals surface area contributed by atoms with Crippen molar-refractivity contribution in [2.24, 2.45) is 11.4 Å². The standard InChI is InChI=1S/C17H19N5O3S/c1-21-10-8-14(19-21)17(23)18-12-5-4-9-22(11-12)16-13-6-2-3-7-15(13)26(24,25)20-16/h2-3,6-8,10,12H,4-5,9,11H2,1H3,(H,18,23). The second-order valence-electron chi connectivity index (χ2n) is 6.52. The Morgan fingerprint density at radius 2 is 2.08 bits per heavy atom. The SMILES string of the molecule is Cn1ccc(C(=O)NC2CCCN(C3=NS(=O)(=O)c4ccccc43)C2)n1. The van der Waals surface area contributed by atoms with Gasteiger partial charge in [0.2, 0.25) is 0 Å².